The summed E-state index contributed by atoms with van der Waals surface area (Å²) in [5.41, 5.74) is -1.07. The predicted molar refractivity (Wildman–Crippen MR) is 78.8 cm³/mol. The number of carbonyl (C=O) groups excluding carboxylic acids is 1. The van der Waals surface area contributed by atoms with Crippen molar-refractivity contribution in [2.45, 2.75) is 40.2 Å². The summed E-state index contributed by atoms with van der Waals surface area (Å²) in [7, 11) is 0. The number of aryl methyl sites for hydroxylation is 1. The summed E-state index contributed by atoms with van der Waals surface area (Å²) in [5.74, 6) is -1.39. The largest absolute Gasteiger partial charge is 0.481 e. The second kappa shape index (κ2) is 5.71. The van der Waals surface area contributed by atoms with Crippen molar-refractivity contribution >= 4 is 17.7 Å². The van der Waals surface area contributed by atoms with Crippen LogP contribution in [0.3, 0.4) is 0 Å². The van der Waals surface area contributed by atoms with E-state index in [2.05, 4.69) is 10.6 Å². The number of carboxylic acid groups (broad SMARTS) is 1. The van der Waals surface area contributed by atoms with Crippen LogP contribution in [0.4, 0.5) is 14.9 Å². The van der Waals surface area contributed by atoms with Gasteiger partial charge in [0.15, 0.2) is 0 Å². The Bertz CT molecular complexity index is 568. The third-order valence-corrected chi connectivity index (χ3v) is 3.96. The second-order valence-electron chi connectivity index (χ2n) is 6.09. The van der Waals surface area contributed by atoms with Gasteiger partial charge in [-0.1, -0.05) is 0 Å². The highest BCUT2D eigenvalue weighted by Gasteiger charge is 2.44. The van der Waals surface area contributed by atoms with E-state index in [1.54, 1.807) is 34.6 Å². The lowest BCUT2D eigenvalue weighted by Gasteiger charge is -2.38. The Morgan fingerprint density at radius 3 is 2.24 bits per heavy atom. The lowest BCUT2D eigenvalue weighted by Crippen LogP contribution is -2.57. The van der Waals surface area contributed by atoms with E-state index in [-0.39, 0.29) is 5.82 Å². The Morgan fingerprint density at radius 1 is 1.19 bits per heavy atom. The molecule has 0 radical (unpaired) electrons. The maximum Gasteiger partial charge on any atom is 0.319 e. The van der Waals surface area contributed by atoms with Crippen LogP contribution in [0.15, 0.2) is 18.2 Å². The zero-order chi connectivity index (χ0) is 16.4. The van der Waals surface area contributed by atoms with Crippen LogP contribution >= 0.6 is 0 Å². The number of aliphatic carboxylic acids is 1. The normalized spacial score (nSPS) is 11.9. The van der Waals surface area contributed by atoms with E-state index >= 15 is 0 Å². The molecular formula is C15H21FN2O3. The number of hydrogen-bond donors (Lipinski definition) is 3. The summed E-state index contributed by atoms with van der Waals surface area (Å²) < 4.78 is 13.0. The molecule has 0 aromatic heterocycles. The van der Waals surface area contributed by atoms with Gasteiger partial charge in [0, 0.05) is 5.69 Å². The number of carbonyl (C=O) groups is 2. The van der Waals surface area contributed by atoms with E-state index in [1.807, 2.05) is 0 Å². The van der Waals surface area contributed by atoms with Gasteiger partial charge < -0.3 is 15.7 Å². The fourth-order valence-electron chi connectivity index (χ4n) is 1.63. The average Bonchev–Trinajstić information content (AvgIpc) is 2.31. The zero-order valence-corrected chi connectivity index (χ0v) is 12.9. The van der Waals surface area contributed by atoms with E-state index < -0.39 is 23.0 Å². The topological polar surface area (TPSA) is 78.4 Å². The molecule has 0 aliphatic heterocycles. The van der Waals surface area contributed by atoms with Gasteiger partial charge in [0.05, 0.1) is 11.0 Å². The van der Waals surface area contributed by atoms with Gasteiger partial charge >= 0.3 is 12.0 Å². The summed E-state index contributed by atoms with van der Waals surface area (Å²) in [4.78, 5) is 23.3. The fourth-order valence-corrected chi connectivity index (χ4v) is 1.63. The Hall–Kier alpha value is -2.11. The third kappa shape index (κ3) is 3.71. The molecule has 21 heavy (non-hydrogen) atoms. The number of benzene rings is 1. The van der Waals surface area contributed by atoms with Crippen molar-refractivity contribution in [3.63, 3.8) is 0 Å². The van der Waals surface area contributed by atoms with Crippen molar-refractivity contribution in [2.24, 2.45) is 5.41 Å². The molecule has 0 saturated carbocycles. The molecule has 0 fully saturated rings. The van der Waals surface area contributed by atoms with Crippen molar-refractivity contribution in [1.82, 2.24) is 5.32 Å². The lowest BCUT2D eigenvalue weighted by molar-refractivity contribution is -0.150. The number of carboxylic acids is 1. The number of hydrogen-bond acceptors (Lipinski definition) is 2. The number of urea groups is 1. The summed E-state index contributed by atoms with van der Waals surface area (Å²) in [5, 5.41) is 14.5. The summed E-state index contributed by atoms with van der Waals surface area (Å²) >= 11 is 0. The van der Waals surface area contributed by atoms with E-state index in [0.717, 1.165) is 0 Å². The number of nitrogens with one attached hydrogen (secondary N) is 2. The molecule has 5 nitrogen and oxygen atoms in total. The van der Waals surface area contributed by atoms with Crippen molar-refractivity contribution in [2.75, 3.05) is 5.32 Å². The highest BCUT2D eigenvalue weighted by Crippen LogP contribution is 2.30. The molecule has 0 unspecified atom stereocenters. The number of halogens is 1. The smallest absolute Gasteiger partial charge is 0.319 e. The monoisotopic (exact) mass is 296 g/mol. The molecule has 6 heteroatoms. The Balaban J connectivity index is 2.84. The molecule has 116 valence electrons. The van der Waals surface area contributed by atoms with Gasteiger partial charge in [0.25, 0.3) is 0 Å². The van der Waals surface area contributed by atoms with Crippen LogP contribution < -0.4 is 10.6 Å². The molecule has 1 rings (SSSR count). The first-order valence-electron chi connectivity index (χ1n) is 6.56. The first-order chi connectivity index (χ1) is 9.47. The molecule has 3 N–H and O–H groups in total. The molecule has 1 aromatic carbocycles. The van der Waals surface area contributed by atoms with E-state index in [0.29, 0.717) is 11.3 Å². The molecule has 0 atom stereocenters. The van der Waals surface area contributed by atoms with Crippen LogP contribution in [-0.2, 0) is 4.79 Å². The molecule has 0 aliphatic rings. The molecule has 0 aliphatic carbocycles. The second-order valence-corrected chi connectivity index (χ2v) is 6.09. The molecule has 0 saturated heterocycles. The summed E-state index contributed by atoms with van der Waals surface area (Å²) in [6, 6.07) is 3.47. The SMILES string of the molecule is Cc1cc(F)ccc1NC(=O)NC(C)(C)C(C)(C)C(=O)O. The maximum absolute atomic E-state index is 13.0. The Kier molecular flexibility index (Phi) is 4.61. The zero-order valence-electron chi connectivity index (χ0n) is 12.9. The van der Waals surface area contributed by atoms with Gasteiger partial charge in [-0.05, 0) is 58.4 Å². The number of amides is 2. The van der Waals surface area contributed by atoms with Crippen LogP contribution in [0, 0.1) is 18.2 Å². The summed E-state index contributed by atoms with van der Waals surface area (Å²) in [6.07, 6.45) is 0. The van der Waals surface area contributed by atoms with Crippen molar-refractivity contribution in [3.8, 4) is 0 Å². The first-order valence-corrected chi connectivity index (χ1v) is 6.56. The van der Waals surface area contributed by atoms with Crippen molar-refractivity contribution < 1.29 is 19.1 Å². The van der Waals surface area contributed by atoms with E-state index in [1.165, 1.54) is 18.2 Å². The van der Waals surface area contributed by atoms with Gasteiger partial charge in [-0.25, -0.2) is 9.18 Å². The van der Waals surface area contributed by atoms with Gasteiger partial charge in [-0.3, -0.25) is 4.79 Å². The number of anilines is 1. The van der Waals surface area contributed by atoms with Crippen molar-refractivity contribution in [1.29, 1.82) is 0 Å². The minimum atomic E-state index is -1.15. The average molecular weight is 296 g/mol. The van der Waals surface area contributed by atoms with Crippen molar-refractivity contribution in [3.05, 3.63) is 29.6 Å². The molecule has 1 aromatic rings. The van der Waals surface area contributed by atoms with E-state index in [9.17, 15) is 19.1 Å². The Labute approximate surface area is 123 Å². The number of rotatable bonds is 4. The van der Waals surface area contributed by atoms with Crippen LogP contribution in [0.2, 0.25) is 0 Å². The lowest BCUT2D eigenvalue weighted by atomic mass is 9.74. The molecular weight excluding hydrogens is 275 g/mol. The van der Waals surface area contributed by atoms with Crippen LogP contribution in [0.1, 0.15) is 33.3 Å². The quantitative estimate of drug-likeness (QED) is 0.798. The minimum Gasteiger partial charge on any atom is -0.481 e. The standard InChI is InChI=1S/C15H21FN2O3/c1-9-8-10(16)6-7-11(9)17-13(21)18-15(4,5)14(2,3)12(19)20/h6-8H,1-5H3,(H,19,20)(H2,17,18,21). The molecule has 2 amide bonds. The maximum atomic E-state index is 13.0. The van der Waals surface area contributed by atoms with Gasteiger partial charge in [0.1, 0.15) is 5.82 Å². The van der Waals surface area contributed by atoms with Crippen LogP contribution in [-0.4, -0.2) is 22.6 Å². The van der Waals surface area contributed by atoms with Crippen LogP contribution in [0.5, 0.6) is 0 Å². The fraction of sp³-hybridized carbons (Fsp3) is 0.467. The predicted octanol–water partition coefficient (Wildman–Crippen LogP) is 3.15. The molecule has 0 heterocycles. The first kappa shape index (κ1) is 16.9. The highest BCUT2D eigenvalue weighted by atomic mass is 19.1. The third-order valence-electron chi connectivity index (χ3n) is 3.96. The van der Waals surface area contributed by atoms with E-state index in [4.69, 9.17) is 0 Å². The van der Waals surface area contributed by atoms with Crippen LogP contribution in [0.25, 0.3) is 0 Å². The molecule has 0 bridgehead atoms. The van der Waals surface area contributed by atoms with Gasteiger partial charge in [-0.15, -0.1) is 0 Å². The molecule has 0 spiro atoms. The highest BCUT2D eigenvalue weighted by molar-refractivity contribution is 5.91. The van der Waals surface area contributed by atoms with Gasteiger partial charge in [-0.2, -0.15) is 0 Å². The Morgan fingerprint density at radius 2 is 1.76 bits per heavy atom. The summed E-state index contributed by atoms with van der Waals surface area (Å²) in [6.45, 7) is 8.03. The van der Waals surface area contributed by atoms with Gasteiger partial charge in [0.2, 0.25) is 0 Å². The minimum absolute atomic E-state index is 0.384.